The first-order chi connectivity index (χ1) is 13.6. The lowest BCUT2D eigenvalue weighted by Crippen LogP contribution is -1.99. The van der Waals surface area contributed by atoms with E-state index >= 15 is 0 Å². The Morgan fingerprint density at radius 1 is 1.00 bits per heavy atom. The molecule has 3 nitrogen and oxygen atoms in total. The van der Waals surface area contributed by atoms with E-state index in [-0.39, 0.29) is 12.4 Å². The molecule has 0 aromatic heterocycles. The van der Waals surface area contributed by atoms with E-state index < -0.39 is 0 Å². The highest BCUT2D eigenvalue weighted by Crippen LogP contribution is 2.36. The van der Waals surface area contributed by atoms with E-state index in [1.807, 2.05) is 18.2 Å². The Balaban J connectivity index is 1.76. The van der Waals surface area contributed by atoms with Gasteiger partial charge in [-0.2, -0.15) is 0 Å². The van der Waals surface area contributed by atoms with Gasteiger partial charge in [-0.1, -0.05) is 42.8 Å². The molecule has 0 N–H and O–H groups in total. The number of aliphatic imine (C=N–C) groups is 1. The quantitative estimate of drug-likeness (QED) is 0.433. The van der Waals surface area contributed by atoms with Gasteiger partial charge < -0.3 is 9.47 Å². The molecule has 0 radical (unpaired) electrons. The molecule has 0 aliphatic carbocycles. The molecule has 5 heteroatoms. The van der Waals surface area contributed by atoms with Gasteiger partial charge in [0.25, 0.3) is 0 Å². The summed E-state index contributed by atoms with van der Waals surface area (Å²) in [5.74, 6) is 0.669. The van der Waals surface area contributed by atoms with Gasteiger partial charge >= 0.3 is 0 Å². The van der Waals surface area contributed by atoms with E-state index in [2.05, 4.69) is 24.0 Å². The average Bonchev–Trinajstić information content (AvgIpc) is 2.72. The highest BCUT2D eigenvalue weighted by atomic mass is 35.5. The van der Waals surface area contributed by atoms with Crippen LogP contribution >= 0.6 is 11.6 Å². The van der Waals surface area contributed by atoms with Crippen LogP contribution in [0.1, 0.15) is 23.6 Å². The second kappa shape index (κ2) is 9.38. The van der Waals surface area contributed by atoms with Gasteiger partial charge in [0.05, 0.1) is 17.8 Å². The van der Waals surface area contributed by atoms with Gasteiger partial charge in [0, 0.05) is 6.21 Å². The molecular weight excluding hydrogens is 377 g/mol. The minimum Gasteiger partial charge on any atom is -0.493 e. The molecule has 0 unspecified atom stereocenters. The summed E-state index contributed by atoms with van der Waals surface area (Å²) in [5, 5.41) is 0.421. The number of hydrogen-bond donors (Lipinski definition) is 0. The number of benzene rings is 3. The number of nitrogens with zero attached hydrogens (tertiary/aromatic N) is 1. The van der Waals surface area contributed by atoms with Crippen molar-refractivity contribution in [3.05, 3.63) is 88.2 Å². The summed E-state index contributed by atoms with van der Waals surface area (Å²) >= 11 is 6.40. The molecule has 28 heavy (non-hydrogen) atoms. The summed E-state index contributed by atoms with van der Waals surface area (Å²) in [5.41, 5.74) is 3.77. The summed E-state index contributed by atoms with van der Waals surface area (Å²) < 4.78 is 24.2. The molecule has 0 bridgehead atoms. The molecule has 144 valence electrons. The maximum Gasteiger partial charge on any atom is 0.180 e. The summed E-state index contributed by atoms with van der Waals surface area (Å²) in [6.07, 6.45) is 2.73. The molecule has 0 amide bonds. The SMILES string of the molecule is CCc1ccc(N=Cc2cc(Cl)c(OCc3ccc(F)cc3)c(OC)c2)cc1. The molecule has 0 fully saturated rings. The smallest absolute Gasteiger partial charge is 0.180 e. The van der Waals surface area contributed by atoms with Crippen LogP contribution in [-0.2, 0) is 13.0 Å². The largest absolute Gasteiger partial charge is 0.493 e. The average molecular weight is 398 g/mol. The topological polar surface area (TPSA) is 30.8 Å². The van der Waals surface area contributed by atoms with Crippen LogP contribution in [0.2, 0.25) is 5.02 Å². The lowest BCUT2D eigenvalue weighted by atomic mass is 10.1. The molecule has 3 aromatic carbocycles. The minimum atomic E-state index is -0.285. The van der Waals surface area contributed by atoms with E-state index in [9.17, 15) is 4.39 Å². The van der Waals surface area contributed by atoms with Crippen molar-refractivity contribution in [1.29, 1.82) is 0 Å². The van der Waals surface area contributed by atoms with Gasteiger partial charge in [-0.15, -0.1) is 0 Å². The first-order valence-electron chi connectivity index (χ1n) is 8.97. The summed E-state index contributed by atoms with van der Waals surface area (Å²) in [4.78, 5) is 4.48. The van der Waals surface area contributed by atoms with Gasteiger partial charge in [-0.3, -0.25) is 4.99 Å². The molecular formula is C23H21ClFNO2. The van der Waals surface area contributed by atoms with Crippen molar-refractivity contribution in [2.45, 2.75) is 20.0 Å². The van der Waals surface area contributed by atoms with Gasteiger partial charge in [0.15, 0.2) is 11.5 Å². The highest BCUT2D eigenvalue weighted by molar-refractivity contribution is 6.32. The number of aryl methyl sites for hydroxylation is 1. The number of rotatable bonds is 7. The van der Waals surface area contributed by atoms with Crippen LogP contribution in [0.15, 0.2) is 65.7 Å². The summed E-state index contributed by atoms with van der Waals surface area (Å²) in [7, 11) is 1.56. The third-order valence-electron chi connectivity index (χ3n) is 4.26. The number of hydrogen-bond acceptors (Lipinski definition) is 3. The Hall–Kier alpha value is -2.85. The molecule has 3 aromatic rings. The fourth-order valence-electron chi connectivity index (χ4n) is 2.66. The van der Waals surface area contributed by atoms with Gasteiger partial charge in [-0.05, 0) is 59.5 Å². The maximum atomic E-state index is 13.0. The standard InChI is InChI=1S/C23H21ClFNO2/c1-3-16-6-10-20(11-7-16)26-14-18-12-21(24)23(22(13-18)27-2)28-15-17-4-8-19(25)9-5-17/h4-14H,3,15H2,1-2H3. The number of methoxy groups -OCH3 is 1. The molecule has 0 aliphatic rings. The van der Waals surface area contributed by atoms with Crippen LogP contribution in [0.4, 0.5) is 10.1 Å². The van der Waals surface area contributed by atoms with Crippen molar-refractivity contribution in [3.63, 3.8) is 0 Å². The lowest BCUT2D eigenvalue weighted by Gasteiger charge is -2.13. The summed E-state index contributed by atoms with van der Waals surface area (Å²) in [6, 6.07) is 17.8. The maximum absolute atomic E-state index is 13.0. The molecule has 3 rings (SSSR count). The van der Waals surface area contributed by atoms with Crippen molar-refractivity contribution in [1.82, 2.24) is 0 Å². The zero-order valence-corrected chi connectivity index (χ0v) is 16.5. The van der Waals surface area contributed by atoms with Crippen LogP contribution in [0, 0.1) is 5.82 Å². The molecule has 0 atom stereocenters. The molecule has 0 saturated heterocycles. The molecule has 0 heterocycles. The third kappa shape index (κ3) is 5.11. The van der Waals surface area contributed by atoms with E-state index in [0.29, 0.717) is 16.5 Å². The fourth-order valence-corrected chi connectivity index (χ4v) is 2.93. The minimum absolute atomic E-state index is 0.258. The van der Waals surface area contributed by atoms with E-state index in [1.165, 1.54) is 17.7 Å². The van der Waals surface area contributed by atoms with Crippen LogP contribution < -0.4 is 9.47 Å². The second-order valence-electron chi connectivity index (χ2n) is 6.23. The van der Waals surface area contributed by atoms with Gasteiger partial charge in [0.1, 0.15) is 12.4 Å². The van der Waals surface area contributed by atoms with Gasteiger partial charge in [-0.25, -0.2) is 4.39 Å². The van der Waals surface area contributed by atoms with Crippen molar-refractivity contribution < 1.29 is 13.9 Å². The monoisotopic (exact) mass is 397 g/mol. The Labute approximate surface area is 169 Å². The normalized spacial score (nSPS) is 11.0. The fraction of sp³-hybridized carbons (Fsp3) is 0.174. The lowest BCUT2D eigenvalue weighted by molar-refractivity contribution is 0.284. The first-order valence-corrected chi connectivity index (χ1v) is 9.34. The summed E-state index contributed by atoms with van der Waals surface area (Å²) in [6.45, 7) is 2.37. The van der Waals surface area contributed by atoms with Crippen molar-refractivity contribution in [3.8, 4) is 11.5 Å². The second-order valence-corrected chi connectivity index (χ2v) is 6.63. The first kappa shape index (κ1) is 19.9. The van der Waals surface area contributed by atoms with Crippen molar-refractivity contribution >= 4 is 23.5 Å². The van der Waals surface area contributed by atoms with Crippen LogP contribution in [0.5, 0.6) is 11.5 Å². The van der Waals surface area contributed by atoms with Crippen LogP contribution in [-0.4, -0.2) is 13.3 Å². The Kier molecular flexibility index (Phi) is 6.66. The van der Waals surface area contributed by atoms with Crippen molar-refractivity contribution in [2.24, 2.45) is 4.99 Å². The van der Waals surface area contributed by atoms with E-state index in [4.69, 9.17) is 21.1 Å². The Morgan fingerprint density at radius 2 is 1.68 bits per heavy atom. The van der Waals surface area contributed by atoms with Crippen LogP contribution in [0.25, 0.3) is 0 Å². The van der Waals surface area contributed by atoms with Crippen molar-refractivity contribution in [2.75, 3.05) is 7.11 Å². The van der Waals surface area contributed by atoms with E-state index in [1.54, 1.807) is 31.5 Å². The predicted octanol–water partition coefficient (Wildman–Crippen LogP) is 6.38. The predicted molar refractivity (Wildman–Crippen MR) is 112 cm³/mol. The number of halogens is 2. The molecule has 0 saturated carbocycles. The number of ether oxygens (including phenoxy) is 2. The molecule has 0 aliphatic heterocycles. The highest BCUT2D eigenvalue weighted by Gasteiger charge is 2.12. The third-order valence-corrected chi connectivity index (χ3v) is 4.54. The van der Waals surface area contributed by atoms with Crippen LogP contribution in [0.3, 0.4) is 0 Å². The zero-order valence-electron chi connectivity index (χ0n) is 15.8. The Bertz CT molecular complexity index is 954. The van der Waals surface area contributed by atoms with Gasteiger partial charge in [0.2, 0.25) is 0 Å². The zero-order chi connectivity index (χ0) is 19.9. The van der Waals surface area contributed by atoms with E-state index in [0.717, 1.165) is 23.2 Å². The Morgan fingerprint density at radius 3 is 2.32 bits per heavy atom. The molecule has 0 spiro atoms.